The Morgan fingerprint density at radius 2 is 1.72 bits per heavy atom. The van der Waals surface area contributed by atoms with Crippen molar-refractivity contribution in [2.75, 3.05) is 18.0 Å². The summed E-state index contributed by atoms with van der Waals surface area (Å²) in [5.74, 6) is 1.59. The predicted octanol–water partition coefficient (Wildman–Crippen LogP) is 4.39. The van der Waals surface area contributed by atoms with Crippen LogP contribution in [0.1, 0.15) is 52.4 Å². The molecular weight excluding hydrogens is 400 g/mol. The number of rotatable bonds is 3. The lowest BCUT2D eigenvalue weighted by molar-refractivity contribution is 0.00845. The maximum absolute atomic E-state index is 13.2. The molecular formula is C26H28N4O2. The molecule has 0 bridgehead atoms. The van der Waals surface area contributed by atoms with Gasteiger partial charge in [0.2, 0.25) is 5.95 Å². The van der Waals surface area contributed by atoms with Crippen LogP contribution in [0.2, 0.25) is 0 Å². The molecule has 1 unspecified atom stereocenters. The van der Waals surface area contributed by atoms with Gasteiger partial charge in [0, 0.05) is 55.9 Å². The number of piperidine rings is 1. The molecule has 3 heterocycles. The molecule has 5 rings (SSSR count). The van der Waals surface area contributed by atoms with Gasteiger partial charge in [0.1, 0.15) is 11.4 Å². The smallest absolute Gasteiger partial charge is 0.251 e. The Balaban J connectivity index is 1.37. The second-order valence-electron chi connectivity index (χ2n) is 8.97. The molecule has 1 aromatic heterocycles. The van der Waals surface area contributed by atoms with Gasteiger partial charge in [0.15, 0.2) is 0 Å². The third kappa shape index (κ3) is 4.05. The van der Waals surface area contributed by atoms with Crippen molar-refractivity contribution in [3.63, 3.8) is 0 Å². The van der Waals surface area contributed by atoms with Crippen LogP contribution in [-0.2, 0) is 0 Å². The number of benzene rings is 2. The van der Waals surface area contributed by atoms with Crippen molar-refractivity contribution in [3.8, 4) is 5.75 Å². The monoisotopic (exact) mass is 428 g/mol. The molecule has 164 valence electrons. The van der Waals surface area contributed by atoms with Gasteiger partial charge in [0.05, 0.1) is 6.04 Å². The van der Waals surface area contributed by atoms with Gasteiger partial charge >= 0.3 is 0 Å². The zero-order valence-electron chi connectivity index (χ0n) is 18.5. The van der Waals surface area contributed by atoms with Crippen molar-refractivity contribution < 1.29 is 9.53 Å². The molecule has 1 atom stereocenters. The van der Waals surface area contributed by atoms with Gasteiger partial charge in [-0.1, -0.05) is 35.4 Å². The summed E-state index contributed by atoms with van der Waals surface area (Å²) in [7, 11) is 0. The van der Waals surface area contributed by atoms with E-state index in [0.29, 0.717) is 5.56 Å². The maximum atomic E-state index is 13.2. The lowest BCUT2D eigenvalue weighted by Gasteiger charge is -2.47. The summed E-state index contributed by atoms with van der Waals surface area (Å²) in [6, 6.07) is 15.8. The van der Waals surface area contributed by atoms with Gasteiger partial charge in [-0.3, -0.25) is 4.79 Å². The number of fused-ring (bicyclic) bond motifs is 1. The molecule has 1 N–H and O–H groups in total. The molecule has 0 saturated carbocycles. The van der Waals surface area contributed by atoms with E-state index in [1.54, 1.807) is 12.4 Å². The number of ether oxygens (including phenoxy) is 1. The number of carbonyl (C=O) groups excluding carboxylic acids is 1. The number of hydrogen-bond donors (Lipinski definition) is 1. The van der Waals surface area contributed by atoms with E-state index >= 15 is 0 Å². The maximum Gasteiger partial charge on any atom is 0.251 e. The molecule has 1 spiro atoms. The summed E-state index contributed by atoms with van der Waals surface area (Å²) in [5, 5.41) is 3.30. The SMILES string of the molecule is Cc1cc(C)cc(C(=O)NC2CC3(CCN(c4ncccn4)CC3)Oc3ccccc32)c1. The van der Waals surface area contributed by atoms with E-state index in [-0.39, 0.29) is 17.6 Å². The minimum Gasteiger partial charge on any atom is -0.487 e. The lowest BCUT2D eigenvalue weighted by Crippen LogP contribution is -2.52. The lowest BCUT2D eigenvalue weighted by atomic mass is 9.80. The fourth-order valence-electron chi connectivity index (χ4n) is 4.97. The van der Waals surface area contributed by atoms with Gasteiger partial charge in [-0.15, -0.1) is 0 Å². The fraction of sp³-hybridized carbons (Fsp3) is 0.346. The second-order valence-corrected chi connectivity index (χ2v) is 8.97. The zero-order valence-corrected chi connectivity index (χ0v) is 18.5. The molecule has 1 saturated heterocycles. The summed E-state index contributed by atoms with van der Waals surface area (Å²) >= 11 is 0. The van der Waals surface area contributed by atoms with Crippen LogP contribution < -0.4 is 15.0 Å². The highest BCUT2D eigenvalue weighted by Crippen LogP contribution is 2.44. The Hall–Kier alpha value is -3.41. The van der Waals surface area contributed by atoms with E-state index in [1.807, 2.05) is 50.2 Å². The normalized spacial score (nSPS) is 19.2. The molecule has 32 heavy (non-hydrogen) atoms. The number of nitrogens with one attached hydrogen (secondary N) is 1. The second kappa shape index (κ2) is 8.26. The molecule has 0 aliphatic carbocycles. The van der Waals surface area contributed by atoms with Crippen molar-refractivity contribution >= 4 is 11.9 Å². The molecule has 6 nitrogen and oxygen atoms in total. The summed E-state index contributed by atoms with van der Waals surface area (Å²) < 4.78 is 6.58. The Morgan fingerprint density at radius 1 is 1.03 bits per heavy atom. The predicted molar refractivity (Wildman–Crippen MR) is 124 cm³/mol. The number of nitrogens with zero attached hydrogens (tertiary/aromatic N) is 3. The Morgan fingerprint density at radius 3 is 2.44 bits per heavy atom. The largest absolute Gasteiger partial charge is 0.487 e. The number of aromatic nitrogens is 2. The zero-order chi connectivity index (χ0) is 22.1. The summed E-state index contributed by atoms with van der Waals surface area (Å²) in [6.45, 7) is 5.69. The summed E-state index contributed by atoms with van der Waals surface area (Å²) in [6.07, 6.45) is 6.02. The van der Waals surface area contributed by atoms with Crippen LogP contribution in [0, 0.1) is 13.8 Å². The van der Waals surface area contributed by atoms with Crippen molar-refractivity contribution in [1.29, 1.82) is 0 Å². The van der Waals surface area contributed by atoms with Crippen molar-refractivity contribution in [1.82, 2.24) is 15.3 Å². The average Bonchev–Trinajstić information content (AvgIpc) is 2.79. The first-order chi connectivity index (χ1) is 15.5. The topological polar surface area (TPSA) is 67.4 Å². The standard InChI is InChI=1S/C26H28N4O2/c1-18-14-19(2)16-20(15-18)24(31)29-22-17-26(32-23-7-4-3-6-21(22)23)8-12-30(13-9-26)25-27-10-5-11-28-25/h3-7,10-11,14-16,22H,8-9,12-13,17H2,1-2H3,(H,29,31). The van der Waals surface area contributed by atoms with Gasteiger partial charge < -0.3 is 15.0 Å². The first kappa shape index (κ1) is 20.5. The fourth-order valence-corrected chi connectivity index (χ4v) is 4.97. The first-order valence-electron chi connectivity index (χ1n) is 11.2. The van der Waals surface area contributed by atoms with Crippen molar-refractivity contribution in [2.45, 2.75) is 44.8 Å². The van der Waals surface area contributed by atoms with Gasteiger partial charge in [-0.2, -0.15) is 0 Å². The van der Waals surface area contributed by atoms with E-state index < -0.39 is 0 Å². The third-order valence-electron chi connectivity index (χ3n) is 6.50. The highest BCUT2D eigenvalue weighted by molar-refractivity contribution is 5.95. The van der Waals surface area contributed by atoms with Crippen molar-refractivity contribution in [3.05, 3.63) is 83.2 Å². The summed E-state index contributed by atoms with van der Waals surface area (Å²) in [5.41, 5.74) is 3.63. The minimum atomic E-state index is -0.305. The van der Waals surface area contributed by atoms with Crippen LogP contribution >= 0.6 is 0 Å². The number of hydrogen-bond acceptors (Lipinski definition) is 5. The Labute approximate surface area is 188 Å². The number of anilines is 1. The van der Waals surface area contributed by atoms with Gasteiger partial charge in [-0.25, -0.2) is 9.97 Å². The average molecular weight is 429 g/mol. The number of amides is 1. The molecule has 2 aliphatic rings. The molecule has 2 aliphatic heterocycles. The minimum absolute atomic E-state index is 0.0382. The van der Waals surface area contributed by atoms with Crippen LogP contribution in [0.3, 0.4) is 0 Å². The van der Waals surface area contributed by atoms with Crippen LogP contribution in [0.15, 0.2) is 60.9 Å². The van der Waals surface area contributed by atoms with Gasteiger partial charge in [0.25, 0.3) is 5.91 Å². The number of aryl methyl sites for hydroxylation is 2. The molecule has 1 fully saturated rings. The quantitative estimate of drug-likeness (QED) is 0.670. The van der Waals surface area contributed by atoms with Crippen LogP contribution in [0.25, 0.3) is 0 Å². The van der Waals surface area contributed by atoms with Crippen LogP contribution in [0.4, 0.5) is 5.95 Å². The van der Waals surface area contributed by atoms with Crippen LogP contribution in [0.5, 0.6) is 5.75 Å². The van der Waals surface area contributed by atoms with Crippen LogP contribution in [-0.4, -0.2) is 34.6 Å². The molecule has 3 aromatic rings. The van der Waals surface area contributed by atoms with E-state index in [4.69, 9.17) is 4.74 Å². The van der Waals surface area contributed by atoms with Gasteiger partial charge in [-0.05, 0) is 38.1 Å². The highest BCUT2D eigenvalue weighted by Gasteiger charge is 2.44. The number of carbonyl (C=O) groups is 1. The molecule has 6 heteroatoms. The Bertz CT molecular complexity index is 1100. The van der Waals surface area contributed by atoms with E-state index in [1.165, 1.54) is 0 Å². The summed E-state index contributed by atoms with van der Waals surface area (Å²) in [4.78, 5) is 24.1. The van der Waals surface area contributed by atoms with Crippen molar-refractivity contribution in [2.24, 2.45) is 0 Å². The third-order valence-corrected chi connectivity index (χ3v) is 6.50. The van der Waals surface area contributed by atoms with E-state index in [9.17, 15) is 4.79 Å². The molecule has 2 aromatic carbocycles. The number of para-hydroxylation sites is 1. The highest BCUT2D eigenvalue weighted by atomic mass is 16.5. The first-order valence-corrected chi connectivity index (χ1v) is 11.2. The molecule has 1 amide bonds. The Kier molecular flexibility index (Phi) is 5.29. The molecule has 0 radical (unpaired) electrons. The van der Waals surface area contributed by atoms with E-state index in [0.717, 1.165) is 60.7 Å². The van der Waals surface area contributed by atoms with E-state index in [2.05, 4.69) is 32.3 Å².